The summed E-state index contributed by atoms with van der Waals surface area (Å²) in [6.07, 6.45) is 0.787. The lowest BCUT2D eigenvalue weighted by molar-refractivity contribution is 0.173. The number of aryl methyl sites for hydroxylation is 1. The molecule has 0 spiro atoms. The molecule has 0 saturated heterocycles. The van der Waals surface area contributed by atoms with Crippen LogP contribution in [-0.4, -0.2) is 18.2 Å². The van der Waals surface area contributed by atoms with Gasteiger partial charge < -0.3 is 23.5 Å². The summed E-state index contributed by atoms with van der Waals surface area (Å²) in [6.45, 7) is 1.08. The second kappa shape index (κ2) is 4.47. The number of fused-ring (bicyclic) bond motifs is 6. The minimum absolute atomic E-state index is 0.00545. The van der Waals surface area contributed by atoms with Crippen LogP contribution in [0.25, 0.3) is 22.0 Å². The van der Waals surface area contributed by atoms with Crippen molar-refractivity contribution in [3.05, 3.63) is 46.2 Å². The Bertz CT molecular complexity index is 1130. The highest BCUT2D eigenvalue weighted by Gasteiger charge is 2.25. The van der Waals surface area contributed by atoms with Crippen LogP contribution in [0.4, 0.5) is 0 Å². The first-order valence-electron chi connectivity index (χ1n) is 8.18. The number of hydrogen-bond acceptors (Lipinski definition) is 5. The summed E-state index contributed by atoms with van der Waals surface area (Å²) in [6, 6.07) is 9.69. The Morgan fingerprint density at radius 2 is 1.48 bits per heavy atom. The zero-order valence-electron chi connectivity index (χ0n) is 13.2. The molecule has 3 aliphatic rings. The molecular formula is C19H13NO5. The molecular weight excluding hydrogens is 322 g/mol. The number of pyridine rings is 1. The zero-order chi connectivity index (χ0) is 16.5. The van der Waals surface area contributed by atoms with Crippen molar-refractivity contribution in [3.63, 3.8) is 0 Å². The van der Waals surface area contributed by atoms with Crippen molar-refractivity contribution in [2.24, 2.45) is 0 Å². The molecule has 25 heavy (non-hydrogen) atoms. The van der Waals surface area contributed by atoms with E-state index in [1.54, 1.807) is 6.07 Å². The molecule has 0 N–H and O–H groups in total. The van der Waals surface area contributed by atoms with Gasteiger partial charge in [0, 0.05) is 12.1 Å². The van der Waals surface area contributed by atoms with Gasteiger partial charge in [-0.15, -0.1) is 0 Å². The highest BCUT2D eigenvalue weighted by molar-refractivity contribution is 5.89. The summed E-state index contributed by atoms with van der Waals surface area (Å²) in [7, 11) is 0. The fourth-order valence-electron chi connectivity index (χ4n) is 3.85. The van der Waals surface area contributed by atoms with Crippen molar-refractivity contribution in [1.82, 2.24) is 4.57 Å². The first-order valence-corrected chi connectivity index (χ1v) is 8.18. The van der Waals surface area contributed by atoms with Crippen molar-refractivity contribution in [2.75, 3.05) is 13.6 Å². The molecule has 1 aromatic heterocycles. The van der Waals surface area contributed by atoms with Crippen LogP contribution in [0.3, 0.4) is 0 Å². The topological polar surface area (TPSA) is 58.9 Å². The van der Waals surface area contributed by atoms with Crippen molar-refractivity contribution in [3.8, 4) is 34.3 Å². The molecule has 0 amide bonds. The smallest absolute Gasteiger partial charge is 0.259 e. The highest BCUT2D eigenvalue weighted by Crippen LogP contribution is 2.42. The lowest BCUT2D eigenvalue weighted by Gasteiger charge is -2.23. The van der Waals surface area contributed by atoms with Gasteiger partial charge in [-0.3, -0.25) is 4.79 Å². The van der Waals surface area contributed by atoms with Gasteiger partial charge in [0.05, 0.1) is 11.1 Å². The fourth-order valence-corrected chi connectivity index (χ4v) is 3.85. The van der Waals surface area contributed by atoms with Crippen LogP contribution in [0.2, 0.25) is 0 Å². The number of hydrogen-bond donors (Lipinski definition) is 0. The maximum absolute atomic E-state index is 13.0. The maximum atomic E-state index is 13.0. The van der Waals surface area contributed by atoms with Gasteiger partial charge in [-0.2, -0.15) is 0 Å². The van der Waals surface area contributed by atoms with E-state index in [-0.39, 0.29) is 19.1 Å². The fraction of sp³-hybridized carbons (Fsp3) is 0.211. The van der Waals surface area contributed by atoms with Gasteiger partial charge in [-0.25, -0.2) is 0 Å². The Kier molecular flexibility index (Phi) is 2.36. The molecule has 0 saturated carbocycles. The van der Waals surface area contributed by atoms with Crippen molar-refractivity contribution >= 4 is 10.8 Å². The van der Waals surface area contributed by atoms with Gasteiger partial charge >= 0.3 is 0 Å². The second-order valence-corrected chi connectivity index (χ2v) is 6.39. The molecule has 6 heteroatoms. The maximum Gasteiger partial charge on any atom is 0.259 e. The van der Waals surface area contributed by atoms with Crippen LogP contribution in [-0.2, 0) is 13.0 Å². The molecule has 0 atom stereocenters. The van der Waals surface area contributed by atoms with Crippen LogP contribution in [0.1, 0.15) is 5.56 Å². The Labute approximate surface area is 142 Å². The number of benzene rings is 2. The summed E-state index contributed by atoms with van der Waals surface area (Å²) in [5.41, 5.74) is 3.08. The average Bonchev–Trinajstić information content (AvgIpc) is 3.26. The van der Waals surface area contributed by atoms with E-state index in [4.69, 9.17) is 18.9 Å². The molecule has 0 fully saturated rings. The first kappa shape index (κ1) is 13.2. The lowest BCUT2D eigenvalue weighted by Crippen LogP contribution is -2.26. The minimum atomic E-state index is -0.00545. The van der Waals surface area contributed by atoms with Gasteiger partial charge in [-0.1, -0.05) is 0 Å². The van der Waals surface area contributed by atoms with E-state index in [1.165, 1.54) is 5.56 Å². The van der Waals surface area contributed by atoms with Crippen LogP contribution in [0.5, 0.6) is 23.0 Å². The molecule has 124 valence electrons. The van der Waals surface area contributed by atoms with Gasteiger partial charge in [-0.05, 0) is 47.7 Å². The van der Waals surface area contributed by atoms with Gasteiger partial charge in [0.15, 0.2) is 23.0 Å². The van der Waals surface area contributed by atoms with Crippen LogP contribution in [0, 0.1) is 0 Å². The largest absolute Gasteiger partial charge is 0.454 e. The third-order valence-corrected chi connectivity index (χ3v) is 5.08. The number of rotatable bonds is 0. The Morgan fingerprint density at radius 3 is 2.28 bits per heavy atom. The van der Waals surface area contributed by atoms with E-state index in [1.807, 2.05) is 28.8 Å². The molecule has 0 unspecified atom stereocenters. The molecule has 6 rings (SSSR count). The number of aromatic nitrogens is 1. The minimum Gasteiger partial charge on any atom is -0.454 e. The standard InChI is InChI=1S/C19H13NO5/c21-19-13-7-18-16(23-9-25-18)5-11(13)3-14-12-6-17-15(22-8-24-17)4-10(12)1-2-20(14)19/h3-7H,1-2,8-9H2. The Balaban J connectivity index is 1.66. The molecule has 3 aromatic rings. The predicted molar refractivity (Wildman–Crippen MR) is 89.6 cm³/mol. The number of nitrogens with zero attached hydrogens (tertiary/aromatic N) is 1. The third kappa shape index (κ3) is 1.71. The summed E-state index contributed by atoms with van der Waals surface area (Å²) in [5, 5.41) is 1.50. The average molecular weight is 335 g/mol. The first-order chi connectivity index (χ1) is 12.3. The summed E-state index contributed by atoms with van der Waals surface area (Å²) in [5.74, 6) is 2.81. The van der Waals surface area contributed by atoms with Gasteiger partial charge in [0.25, 0.3) is 5.56 Å². The zero-order valence-corrected chi connectivity index (χ0v) is 13.2. The SMILES string of the molecule is O=c1c2cc3c(cc2cc2n1CCc1cc4c(cc1-2)OCO4)OCO3. The Hall–Kier alpha value is -3.15. The second-order valence-electron chi connectivity index (χ2n) is 6.39. The summed E-state index contributed by atoms with van der Waals surface area (Å²) < 4.78 is 23.7. The monoisotopic (exact) mass is 335 g/mol. The number of ether oxygens (including phenoxy) is 4. The normalized spacial score (nSPS) is 16.0. The van der Waals surface area contributed by atoms with Crippen molar-refractivity contribution < 1.29 is 18.9 Å². The van der Waals surface area contributed by atoms with Gasteiger partial charge in [0.2, 0.25) is 13.6 Å². The van der Waals surface area contributed by atoms with E-state index in [0.29, 0.717) is 23.4 Å². The quantitative estimate of drug-likeness (QED) is 0.632. The van der Waals surface area contributed by atoms with Crippen LogP contribution < -0.4 is 24.5 Å². The van der Waals surface area contributed by atoms with Gasteiger partial charge in [0.1, 0.15) is 0 Å². The lowest BCUT2D eigenvalue weighted by atomic mass is 9.95. The molecule has 6 nitrogen and oxygen atoms in total. The summed E-state index contributed by atoms with van der Waals surface area (Å²) in [4.78, 5) is 13.0. The predicted octanol–water partition coefficient (Wildman–Crippen LogP) is 2.68. The van der Waals surface area contributed by atoms with Crippen molar-refractivity contribution in [1.29, 1.82) is 0 Å². The Morgan fingerprint density at radius 1 is 0.800 bits per heavy atom. The van der Waals surface area contributed by atoms with E-state index in [2.05, 4.69) is 0 Å². The molecule has 4 heterocycles. The molecule has 0 bridgehead atoms. The summed E-state index contributed by atoms with van der Waals surface area (Å²) >= 11 is 0. The van der Waals surface area contributed by atoms with E-state index in [9.17, 15) is 4.79 Å². The van der Waals surface area contributed by atoms with E-state index in [0.717, 1.165) is 34.6 Å². The van der Waals surface area contributed by atoms with Crippen LogP contribution >= 0.6 is 0 Å². The molecule has 0 radical (unpaired) electrons. The van der Waals surface area contributed by atoms with Crippen LogP contribution in [0.15, 0.2) is 35.1 Å². The van der Waals surface area contributed by atoms with E-state index < -0.39 is 0 Å². The van der Waals surface area contributed by atoms with Crippen molar-refractivity contribution in [2.45, 2.75) is 13.0 Å². The molecule has 3 aliphatic heterocycles. The third-order valence-electron chi connectivity index (χ3n) is 5.08. The van der Waals surface area contributed by atoms with E-state index >= 15 is 0 Å². The molecule has 2 aromatic carbocycles. The molecule has 0 aliphatic carbocycles. The highest BCUT2D eigenvalue weighted by atomic mass is 16.7.